The van der Waals surface area contributed by atoms with E-state index in [1.807, 2.05) is 0 Å². The molecule has 0 bridgehead atoms. The monoisotopic (exact) mass is 328 g/mol. The van der Waals surface area contributed by atoms with Gasteiger partial charge in [0.1, 0.15) is 11.9 Å². The van der Waals surface area contributed by atoms with Gasteiger partial charge in [-0.15, -0.1) is 0 Å². The molecule has 6 nitrogen and oxygen atoms in total. The summed E-state index contributed by atoms with van der Waals surface area (Å²) >= 11 is 0. The summed E-state index contributed by atoms with van der Waals surface area (Å²) in [4.78, 5) is 13.3. The molecule has 1 atom stereocenters. The highest BCUT2D eigenvalue weighted by Crippen LogP contribution is 2.30. The van der Waals surface area contributed by atoms with Gasteiger partial charge >= 0.3 is 6.09 Å². The van der Waals surface area contributed by atoms with Gasteiger partial charge in [0.25, 0.3) is 0 Å². The molecule has 1 heterocycles. The van der Waals surface area contributed by atoms with Crippen LogP contribution in [0, 0.1) is 12.7 Å². The van der Waals surface area contributed by atoms with Crippen LogP contribution in [-0.4, -0.2) is 44.6 Å². The Balaban J connectivity index is 1.64. The Labute approximate surface area is 128 Å². The van der Waals surface area contributed by atoms with E-state index in [0.29, 0.717) is 12.1 Å². The number of nitrogens with one attached hydrogen (secondary N) is 1. The number of sulfonamides is 1. The molecule has 0 aromatic heterocycles. The normalized spacial score (nSPS) is 22.0. The van der Waals surface area contributed by atoms with E-state index >= 15 is 0 Å². The summed E-state index contributed by atoms with van der Waals surface area (Å²) < 4.78 is 45.1. The average molecular weight is 328 g/mol. The Morgan fingerprint density at radius 3 is 2.77 bits per heavy atom. The molecule has 0 radical (unpaired) electrons. The lowest BCUT2D eigenvalue weighted by Crippen LogP contribution is -2.35. The highest BCUT2D eigenvalue weighted by molar-refractivity contribution is 7.89. The molecule has 1 aromatic rings. The molecule has 2 aliphatic rings. The van der Waals surface area contributed by atoms with Crippen molar-refractivity contribution in [2.24, 2.45) is 0 Å². The van der Waals surface area contributed by atoms with Crippen LogP contribution >= 0.6 is 0 Å². The van der Waals surface area contributed by atoms with Crippen LogP contribution in [-0.2, 0) is 14.8 Å². The van der Waals surface area contributed by atoms with Crippen molar-refractivity contribution in [1.82, 2.24) is 9.62 Å². The van der Waals surface area contributed by atoms with Crippen LogP contribution in [0.1, 0.15) is 18.4 Å². The van der Waals surface area contributed by atoms with E-state index in [2.05, 4.69) is 4.72 Å². The summed E-state index contributed by atoms with van der Waals surface area (Å²) in [5, 5.41) is 0. The number of aryl methyl sites for hydroxylation is 1. The molecule has 8 heteroatoms. The molecule has 22 heavy (non-hydrogen) atoms. The van der Waals surface area contributed by atoms with E-state index in [1.165, 1.54) is 19.1 Å². The third-order valence-electron chi connectivity index (χ3n) is 3.82. The summed E-state index contributed by atoms with van der Waals surface area (Å²) in [5.74, 6) is -0.485. The number of carbonyl (C=O) groups is 1. The molecule has 0 spiro atoms. The molecule has 1 aliphatic heterocycles. The van der Waals surface area contributed by atoms with Gasteiger partial charge < -0.3 is 9.64 Å². The molecule has 1 saturated carbocycles. The summed E-state index contributed by atoms with van der Waals surface area (Å²) in [5.41, 5.74) is 0.329. The fourth-order valence-corrected chi connectivity index (χ4v) is 3.82. The maximum absolute atomic E-state index is 13.1. The number of ether oxygens (including phenoxy) is 1. The number of halogens is 1. The summed E-state index contributed by atoms with van der Waals surface area (Å²) in [6.45, 7) is 1.94. The van der Waals surface area contributed by atoms with Crippen LogP contribution in [0.2, 0.25) is 0 Å². The lowest BCUT2D eigenvalue weighted by atomic mass is 10.2. The van der Waals surface area contributed by atoms with Crippen molar-refractivity contribution in [2.75, 3.05) is 13.1 Å². The molecule has 3 rings (SSSR count). The first-order valence-electron chi connectivity index (χ1n) is 7.10. The second-order valence-electron chi connectivity index (χ2n) is 5.65. The third kappa shape index (κ3) is 3.07. The maximum atomic E-state index is 13.1. The van der Waals surface area contributed by atoms with E-state index in [0.717, 1.165) is 18.9 Å². The van der Waals surface area contributed by atoms with Gasteiger partial charge in [0.05, 0.1) is 11.4 Å². The van der Waals surface area contributed by atoms with Gasteiger partial charge in [-0.3, -0.25) is 0 Å². The number of carbonyl (C=O) groups excluding carboxylic acids is 1. The molecule has 1 saturated heterocycles. The highest BCUT2D eigenvalue weighted by Gasteiger charge is 2.41. The second-order valence-corrected chi connectivity index (χ2v) is 7.39. The summed E-state index contributed by atoms with van der Waals surface area (Å²) in [7, 11) is -3.76. The van der Waals surface area contributed by atoms with Gasteiger partial charge in [-0.25, -0.2) is 22.3 Å². The first-order chi connectivity index (χ1) is 10.4. The Bertz CT molecular complexity index is 703. The summed E-state index contributed by atoms with van der Waals surface area (Å²) in [6, 6.07) is 3.74. The first kappa shape index (κ1) is 15.2. The topological polar surface area (TPSA) is 75.7 Å². The molecule has 2 fully saturated rings. The average Bonchev–Trinajstić information content (AvgIpc) is 3.20. The number of hydrogen-bond acceptors (Lipinski definition) is 4. The minimum Gasteiger partial charge on any atom is -0.443 e. The molecular weight excluding hydrogens is 311 g/mol. The van der Waals surface area contributed by atoms with Crippen LogP contribution in [0.3, 0.4) is 0 Å². The Kier molecular flexibility index (Phi) is 3.82. The minimum atomic E-state index is -3.76. The summed E-state index contributed by atoms with van der Waals surface area (Å²) in [6.07, 6.45) is 1.07. The molecule has 1 amide bonds. The van der Waals surface area contributed by atoms with Gasteiger partial charge in [0, 0.05) is 12.6 Å². The zero-order valence-electron chi connectivity index (χ0n) is 12.1. The molecule has 1 aromatic carbocycles. The lowest BCUT2D eigenvalue weighted by Gasteiger charge is -2.13. The van der Waals surface area contributed by atoms with Crippen molar-refractivity contribution in [1.29, 1.82) is 0 Å². The predicted molar refractivity (Wildman–Crippen MR) is 76.3 cm³/mol. The van der Waals surface area contributed by atoms with Crippen molar-refractivity contribution >= 4 is 16.1 Å². The SMILES string of the molecule is Cc1cc(F)ccc1S(=O)(=O)NCC1CN(C2CC2)C(=O)O1. The molecule has 120 valence electrons. The smallest absolute Gasteiger partial charge is 0.410 e. The minimum absolute atomic E-state index is 0.00805. The van der Waals surface area contributed by atoms with Crippen LogP contribution in [0.5, 0.6) is 0 Å². The molecule has 1 aliphatic carbocycles. The Morgan fingerprint density at radius 1 is 1.41 bits per heavy atom. The van der Waals surface area contributed by atoms with Crippen molar-refractivity contribution in [3.8, 4) is 0 Å². The maximum Gasteiger partial charge on any atom is 0.410 e. The van der Waals surface area contributed by atoms with Gasteiger partial charge in [-0.1, -0.05) is 0 Å². The van der Waals surface area contributed by atoms with Gasteiger partial charge in [-0.2, -0.15) is 0 Å². The van der Waals surface area contributed by atoms with Crippen LogP contribution in [0.25, 0.3) is 0 Å². The van der Waals surface area contributed by atoms with Gasteiger partial charge in [-0.05, 0) is 43.5 Å². The van der Waals surface area contributed by atoms with E-state index in [-0.39, 0.29) is 23.6 Å². The van der Waals surface area contributed by atoms with E-state index in [9.17, 15) is 17.6 Å². The number of benzene rings is 1. The Morgan fingerprint density at radius 2 is 2.14 bits per heavy atom. The lowest BCUT2D eigenvalue weighted by molar-refractivity contribution is 0.133. The standard InChI is InChI=1S/C14H17FN2O4S/c1-9-6-10(15)2-5-13(9)22(19,20)16-7-12-8-17(11-3-4-11)14(18)21-12/h2,5-6,11-12,16H,3-4,7-8H2,1H3. The second kappa shape index (κ2) is 5.51. The van der Waals surface area contributed by atoms with Crippen LogP contribution in [0.15, 0.2) is 23.1 Å². The predicted octanol–water partition coefficient (Wildman–Crippen LogP) is 1.40. The van der Waals surface area contributed by atoms with Crippen molar-refractivity contribution < 1.29 is 22.3 Å². The van der Waals surface area contributed by atoms with Gasteiger partial charge in [0.15, 0.2) is 0 Å². The fourth-order valence-electron chi connectivity index (χ4n) is 2.53. The van der Waals surface area contributed by atoms with Crippen LogP contribution in [0.4, 0.5) is 9.18 Å². The molecular formula is C14H17FN2O4S. The van der Waals surface area contributed by atoms with Crippen molar-refractivity contribution in [3.63, 3.8) is 0 Å². The van der Waals surface area contributed by atoms with Gasteiger partial charge in [0.2, 0.25) is 10.0 Å². The number of cyclic esters (lactones) is 1. The van der Waals surface area contributed by atoms with E-state index in [1.54, 1.807) is 4.90 Å². The zero-order chi connectivity index (χ0) is 15.9. The van der Waals surface area contributed by atoms with E-state index in [4.69, 9.17) is 4.74 Å². The van der Waals surface area contributed by atoms with Crippen molar-refractivity contribution in [3.05, 3.63) is 29.6 Å². The first-order valence-corrected chi connectivity index (χ1v) is 8.58. The fraction of sp³-hybridized carbons (Fsp3) is 0.500. The van der Waals surface area contributed by atoms with Crippen LogP contribution < -0.4 is 4.72 Å². The highest BCUT2D eigenvalue weighted by atomic mass is 32.2. The largest absolute Gasteiger partial charge is 0.443 e. The quantitative estimate of drug-likeness (QED) is 0.886. The number of nitrogens with zero attached hydrogens (tertiary/aromatic N) is 1. The number of rotatable bonds is 5. The van der Waals surface area contributed by atoms with Crippen molar-refractivity contribution in [2.45, 2.75) is 36.8 Å². The molecule has 1 N–H and O–H groups in total. The Hall–Kier alpha value is -1.67. The molecule has 1 unspecified atom stereocenters. The number of amides is 1. The zero-order valence-corrected chi connectivity index (χ0v) is 12.9. The number of hydrogen-bond donors (Lipinski definition) is 1. The van der Waals surface area contributed by atoms with E-state index < -0.39 is 21.9 Å². The third-order valence-corrected chi connectivity index (χ3v) is 5.40.